The summed E-state index contributed by atoms with van der Waals surface area (Å²) >= 11 is 2.53. The molecule has 0 aliphatic carbocycles. The van der Waals surface area contributed by atoms with Gasteiger partial charge < -0.3 is 20.7 Å². The molecular formula is C38H33N3O5S2. The Labute approximate surface area is 287 Å². The molecule has 1 aromatic heterocycles. The molecule has 0 bridgehead atoms. The third kappa shape index (κ3) is 8.87. The Bertz CT molecular complexity index is 1970. The van der Waals surface area contributed by atoms with Gasteiger partial charge in [0.15, 0.2) is 0 Å². The van der Waals surface area contributed by atoms with Gasteiger partial charge in [-0.05, 0) is 61.4 Å². The molecule has 3 amide bonds. The van der Waals surface area contributed by atoms with E-state index in [-0.39, 0.29) is 17.4 Å². The van der Waals surface area contributed by atoms with Gasteiger partial charge in [0.1, 0.15) is 16.3 Å². The molecule has 0 saturated carbocycles. The van der Waals surface area contributed by atoms with Gasteiger partial charge >= 0.3 is 5.97 Å². The van der Waals surface area contributed by atoms with E-state index in [1.807, 2.05) is 79.9 Å². The summed E-state index contributed by atoms with van der Waals surface area (Å²) in [6, 6.07) is 31.1. The Morgan fingerprint density at radius 1 is 0.812 bits per heavy atom. The van der Waals surface area contributed by atoms with Crippen LogP contribution in [0.25, 0.3) is 17.2 Å². The third-order valence-corrected chi connectivity index (χ3v) is 9.06. The van der Waals surface area contributed by atoms with Crippen LogP contribution < -0.4 is 16.0 Å². The first-order chi connectivity index (χ1) is 23.2. The van der Waals surface area contributed by atoms with E-state index in [9.17, 15) is 19.2 Å². The van der Waals surface area contributed by atoms with Crippen LogP contribution in [0.15, 0.2) is 119 Å². The van der Waals surface area contributed by atoms with Crippen molar-refractivity contribution in [1.82, 2.24) is 5.32 Å². The molecule has 10 heteroatoms. The van der Waals surface area contributed by atoms with Crippen LogP contribution >= 0.6 is 23.1 Å². The number of thioether (sulfide) groups is 1. The third-order valence-electron chi connectivity index (χ3n) is 7.18. The highest BCUT2D eigenvalue weighted by Crippen LogP contribution is 2.36. The van der Waals surface area contributed by atoms with E-state index in [1.54, 1.807) is 48.5 Å². The second kappa shape index (κ2) is 15.9. The minimum Gasteiger partial charge on any atom is -0.465 e. The summed E-state index contributed by atoms with van der Waals surface area (Å²) in [7, 11) is 1.31. The Morgan fingerprint density at radius 2 is 1.50 bits per heavy atom. The van der Waals surface area contributed by atoms with Gasteiger partial charge in [0.2, 0.25) is 5.91 Å². The normalized spacial score (nSPS) is 11.0. The predicted molar refractivity (Wildman–Crippen MR) is 193 cm³/mol. The van der Waals surface area contributed by atoms with Gasteiger partial charge in [0.25, 0.3) is 11.8 Å². The highest BCUT2D eigenvalue weighted by molar-refractivity contribution is 8.00. The van der Waals surface area contributed by atoms with Crippen LogP contribution in [0.5, 0.6) is 0 Å². The van der Waals surface area contributed by atoms with Crippen LogP contribution in [0.3, 0.4) is 0 Å². The summed E-state index contributed by atoms with van der Waals surface area (Å²) in [6.45, 7) is 3.95. The lowest BCUT2D eigenvalue weighted by Gasteiger charge is -2.12. The summed E-state index contributed by atoms with van der Waals surface area (Å²) < 4.78 is 5.02. The van der Waals surface area contributed by atoms with E-state index in [0.29, 0.717) is 27.4 Å². The highest BCUT2D eigenvalue weighted by Gasteiger charge is 2.22. The predicted octanol–water partition coefficient (Wildman–Crippen LogP) is 7.96. The second-order valence-electron chi connectivity index (χ2n) is 10.8. The number of carbonyl (C=O) groups is 4. The lowest BCUT2D eigenvalue weighted by Crippen LogP contribution is -2.30. The SMILES string of the molecule is COC(=O)c1c(-c2ccc(C)cc2)csc1NC(=O)CSc1cccc(NC(=O)/C(=C/c2ccc(C)cc2)NC(=O)c2ccccc2)c1. The fourth-order valence-electron chi connectivity index (χ4n) is 4.65. The molecule has 4 aromatic carbocycles. The minimum absolute atomic E-state index is 0.0570. The number of rotatable bonds is 11. The van der Waals surface area contributed by atoms with Crippen LogP contribution in [0.4, 0.5) is 10.7 Å². The molecule has 0 aliphatic heterocycles. The number of hydrogen-bond donors (Lipinski definition) is 3. The molecule has 1 heterocycles. The van der Waals surface area contributed by atoms with E-state index >= 15 is 0 Å². The number of benzene rings is 4. The molecule has 0 unspecified atom stereocenters. The van der Waals surface area contributed by atoms with Gasteiger partial charge in [0.05, 0.1) is 12.9 Å². The Balaban J connectivity index is 1.26. The van der Waals surface area contributed by atoms with Gasteiger partial charge in [-0.15, -0.1) is 23.1 Å². The zero-order valence-corrected chi connectivity index (χ0v) is 28.2. The van der Waals surface area contributed by atoms with Crippen molar-refractivity contribution in [2.45, 2.75) is 18.7 Å². The van der Waals surface area contributed by atoms with E-state index < -0.39 is 17.8 Å². The molecule has 0 atom stereocenters. The number of ether oxygens (including phenoxy) is 1. The number of nitrogens with one attached hydrogen (secondary N) is 3. The Morgan fingerprint density at radius 3 is 2.19 bits per heavy atom. The molecule has 5 rings (SSSR count). The number of anilines is 2. The van der Waals surface area contributed by atoms with Crippen LogP contribution in [0.2, 0.25) is 0 Å². The first-order valence-electron chi connectivity index (χ1n) is 15.0. The van der Waals surface area contributed by atoms with Crippen LogP contribution in [-0.4, -0.2) is 36.6 Å². The topological polar surface area (TPSA) is 114 Å². The lowest BCUT2D eigenvalue weighted by atomic mass is 10.0. The number of esters is 1. The molecule has 242 valence electrons. The Kier molecular flexibility index (Phi) is 11.2. The van der Waals surface area contributed by atoms with Crippen LogP contribution in [0, 0.1) is 13.8 Å². The van der Waals surface area contributed by atoms with E-state index in [0.717, 1.165) is 27.1 Å². The number of hydrogen-bond acceptors (Lipinski definition) is 7. The highest BCUT2D eigenvalue weighted by atomic mass is 32.2. The molecular weight excluding hydrogens is 643 g/mol. The quantitative estimate of drug-likeness (QED) is 0.0744. The van der Waals surface area contributed by atoms with Gasteiger partial charge in [-0.25, -0.2) is 4.79 Å². The number of aryl methyl sites for hydroxylation is 2. The number of carbonyl (C=O) groups excluding carboxylic acids is 4. The van der Waals surface area contributed by atoms with E-state index in [1.165, 1.54) is 30.2 Å². The number of thiophene rings is 1. The van der Waals surface area contributed by atoms with Crippen LogP contribution in [-0.2, 0) is 14.3 Å². The molecule has 0 spiro atoms. The summed E-state index contributed by atoms with van der Waals surface area (Å²) in [6.07, 6.45) is 1.62. The molecule has 0 fully saturated rings. The average molecular weight is 676 g/mol. The minimum atomic E-state index is -0.533. The largest absolute Gasteiger partial charge is 0.465 e. The molecule has 3 N–H and O–H groups in total. The van der Waals surface area contributed by atoms with Crippen molar-refractivity contribution in [1.29, 1.82) is 0 Å². The Hall–Kier alpha value is -5.45. The molecule has 48 heavy (non-hydrogen) atoms. The number of amides is 3. The molecule has 8 nitrogen and oxygen atoms in total. The maximum Gasteiger partial charge on any atom is 0.341 e. The fourth-order valence-corrected chi connectivity index (χ4v) is 6.37. The molecule has 0 radical (unpaired) electrons. The second-order valence-corrected chi connectivity index (χ2v) is 12.7. The van der Waals surface area contributed by atoms with Gasteiger partial charge in [0, 0.05) is 27.1 Å². The zero-order valence-electron chi connectivity index (χ0n) is 26.5. The summed E-state index contributed by atoms with van der Waals surface area (Å²) in [5, 5.41) is 10.7. The monoisotopic (exact) mass is 675 g/mol. The maximum absolute atomic E-state index is 13.5. The fraction of sp³-hybridized carbons (Fsp3) is 0.105. The smallest absolute Gasteiger partial charge is 0.341 e. The van der Waals surface area contributed by atoms with Gasteiger partial charge in [-0.3, -0.25) is 14.4 Å². The van der Waals surface area contributed by atoms with Crippen molar-refractivity contribution in [3.05, 3.63) is 142 Å². The van der Waals surface area contributed by atoms with Crippen molar-refractivity contribution in [2.24, 2.45) is 0 Å². The molecule has 0 saturated heterocycles. The van der Waals surface area contributed by atoms with E-state index in [4.69, 9.17) is 4.74 Å². The zero-order chi connectivity index (χ0) is 34.0. The summed E-state index contributed by atoms with van der Waals surface area (Å²) in [4.78, 5) is 52.9. The standard InChI is InChI=1S/C38H33N3O5S2/c1-24-12-16-26(17-13-24)20-32(40-35(43)28-8-5-4-6-9-28)36(44)39-29-10-7-11-30(21-29)47-23-33(42)41-37-34(38(45)46-3)31(22-48-37)27-18-14-25(2)15-19-27/h4-22H,23H2,1-3H3,(H,39,44)(H,40,43)(H,41,42)/b32-20-. The van der Waals surface area contributed by atoms with Gasteiger partial charge in [-0.1, -0.05) is 83.9 Å². The first kappa shape index (κ1) is 33.9. The van der Waals surface area contributed by atoms with Crippen molar-refractivity contribution >= 4 is 63.6 Å². The maximum atomic E-state index is 13.5. The van der Waals surface area contributed by atoms with Crippen LogP contribution in [0.1, 0.15) is 37.4 Å². The van der Waals surface area contributed by atoms with Gasteiger partial charge in [-0.2, -0.15) is 0 Å². The first-order valence-corrected chi connectivity index (χ1v) is 16.8. The van der Waals surface area contributed by atoms with Crippen molar-refractivity contribution in [3.63, 3.8) is 0 Å². The average Bonchev–Trinajstić information content (AvgIpc) is 3.51. The molecule has 5 aromatic rings. The van der Waals surface area contributed by atoms with Crippen molar-refractivity contribution in [2.75, 3.05) is 23.5 Å². The molecule has 0 aliphatic rings. The van der Waals surface area contributed by atoms with Crippen molar-refractivity contribution in [3.8, 4) is 11.1 Å². The van der Waals surface area contributed by atoms with E-state index in [2.05, 4.69) is 16.0 Å². The summed E-state index contributed by atoms with van der Waals surface area (Å²) in [5.41, 5.74) is 5.75. The number of methoxy groups -OCH3 is 1. The van der Waals surface area contributed by atoms with Crippen molar-refractivity contribution < 1.29 is 23.9 Å². The summed E-state index contributed by atoms with van der Waals surface area (Å²) in [5.74, 6) is -1.69. The lowest BCUT2D eigenvalue weighted by molar-refractivity contribution is -0.114.